The van der Waals surface area contributed by atoms with Crippen LogP contribution < -0.4 is 15.4 Å². The molecule has 0 aromatic heterocycles. The molecule has 1 amide bonds. The van der Waals surface area contributed by atoms with Gasteiger partial charge in [0.25, 0.3) is 5.91 Å². The normalized spacial score (nSPS) is 17.0. The van der Waals surface area contributed by atoms with Gasteiger partial charge in [-0.15, -0.1) is 0 Å². The number of ether oxygens (including phenoxy) is 1. The summed E-state index contributed by atoms with van der Waals surface area (Å²) in [5, 5.41) is 16.6. The summed E-state index contributed by atoms with van der Waals surface area (Å²) in [5.41, 5.74) is 1.92. The minimum atomic E-state index is -0.492. The fourth-order valence-electron chi connectivity index (χ4n) is 2.82. The number of phenolic OH excluding ortho intramolecular Hbond substituents is 1. The van der Waals surface area contributed by atoms with Crippen molar-refractivity contribution >= 4 is 34.8 Å². The van der Waals surface area contributed by atoms with E-state index in [-0.39, 0.29) is 22.4 Å². The van der Waals surface area contributed by atoms with E-state index in [1.54, 1.807) is 17.0 Å². The number of thiocarbonyl (C=S) groups is 1. The number of amides is 1. The van der Waals surface area contributed by atoms with Crippen molar-refractivity contribution in [2.75, 3.05) is 20.2 Å². The number of hydrogen-bond acceptors (Lipinski definition) is 4. The van der Waals surface area contributed by atoms with Gasteiger partial charge < -0.3 is 25.4 Å². The number of aromatic hydroxyl groups is 1. The summed E-state index contributed by atoms with van der Waals surface area (Å²) >= 11 is 11.4. The molecule has 1 aliphatic rings. The van der Waals surface area contributed by atoms with E-state index in [0.717, 1.165) is 0 Å². The summed E-state index contributed by atoms with van der Waals surface area (Å²) in [5.74, 6) is 0.0148. The Balaban J connectivity index is 2.57. The van der Waals surface area contributed by atoms with Gasteiger partial charge in [-0.05, 0) is 50.7 Å². The van der Waals surface area contributed by atoms with Crippen molar-refractivity contribution in [3.63, 3.8) is 0 Å². The predicted molar refractivity (Wildman–Crippen MR) is 102 cm³/mol. The number of likely N-dealkylation sites (N-methyl/N-ethyl adjacent to an activating group) is 1. The first kappa shape index (κ1) is 19.3. The molecule has 1 aromatic rings. The zero-order valence-electron chi connectivity index (χ0n) is 14.6. The van der Waals surface area contributed by atoms with Crippen LogP contribution in [-0.4, -0.2) is 41.2 Å². The molecule has 3 N–H and O–H groups in total. The summed E-state index contributed by atoms with van der Waals surface area (Å²) in [6.07, 6.45) is 0. The van der Waals surface area contributed by atoms with Gasteiger partial charge in [-0.25, -0.2) is 0 Å². The van der Waals surface area contributed by atoms with Crippen LogP contribution in [0.25, 0.3) is 0 Å². The van der Waals surface area contributed by atoms with Gasteiger partial charge in [0.2, 0.25) is 0 Å². The molecule has 1 atom stereocenters. The summed E-state index contributed by atoms with van der Waals surface area (Å²) in [7, 11) is 1.44. The first-order valence-corrected chi connectivity index (χ1v) is 8.76. The minimum Gasteiger partial charge on any atom is -0.503 e. The smallest absolute Gasteiger partial charge is 0.253 e. The van der Waals surface area contributed by atoms with Gasteiger partial charge in [0.05, 0.1) is 23.7 Å². The fourth-order valence-corrected chi connectivity index (χ4v) is 3.31. The van der Waals surface area contributed by atoms with E-state index >= 15 is 0 Å². The van der Waals surface area contributed by atoms with Crippen molar-refractivity contribution in [2.45, 2.75) is 26.8 Å². The maximum absolute atomic E-state index is 13.0. The average Bonchev–Trinajstić information content (AvgIpc) is 2.57. The number of nitrogens with zero attached hydrogens (tertiary/aromatic N) is 1. The minimum absolute atomic E-state index is 0.0850. The SMILES string of the molecule is CCN(CC)C(=O)C1=C(C)NC(=S)N[C@@H]1c1cc(Cl)c(O)c(OC)c1. The van der Waals surface area contributed by atoms with Gasteiger partial charge in [0.1, 0.15) is 0 Å². The van der Waals surface area contributed by atoms with E-state index in [2.05, 4.69) is 10.6 Å². The highest BCUT2D eigenvalue weighted by Gasteiger charge is 2.32. The molecule has 0 spiro atoms. The van der Waals surface area contributed by atoms with Gasteiger partial charge in [-0.2, -0.15) is 0 Å². The summed E-state index contributed by atoms with van der Waals surface area (Å²) in [6, 6.07) is 2.76. The Kier molecular flexibility index (Phi) is 6.13. The number of rotatable bonds is 5. The lowest BCUT2D eigenvalue weighted by molar-refractivity contribution is -0.127. The molecule has 136 valence electrons. The highest BCUT2D eigenvalue weighted by molar-refractivity contribution is 7.80. The van der Waals surface area contributed by atoms with Gasteiger partial charge in [0.15, 0.2) is 16.6 Å². The number of carbonyl (C=O) groups is 1. The van der Waals surface area contributed by atoms with Gasteiger partial charge in [0, 0.05) is 18.8 Å². The molecular weight excluding hydrogens is 362 g/mol. The summed E-state index contributed by atoms with van der Waals surface area (Å²) < 4.78 is 5.17. The van der Waals surface area contributed by atoms with Gasteiger partial charge >= 0.3 is 0 Å². The summed E-state index contributed by atoms with van der Waals surface area (Å²) in [6.45, 7) is 6.88. The Morgan fingerprint density at radius 2 is 2.04 bits per heavy atom. The first-order chi connectivity index (χ1) is 11.8. The van der Waals surface area contributed by atoms with Crippen molar-refractivity contribution in [3.8, 4) is 11.5 Å². The Morgan fingerprint density at radius 1 is 1.40 bits per heavy atom. The molecule has 25 heavy (non-hydrogen) atoms. The maximum Gasteiger partial charge on any atom is 0.253 e. The van der Waals surface area contributed by atoms with Gasteiger partial charge in [-0.3, -0.25) is 4.79 Å². The molecule has 6 nitrogen and oxygen atoms in total. The number of carbonyl (C=O) groups excluding carboxylic acids is 1. The molecule has 1 aromatic carbocycles. The topological polar surface area (TPSA) is 73.8 Å². The van der Waals surface area contributed by atoms with E-state index < -0.39 is 6.04 Å². The van der Waals surface area contributed by atoms with E-state index in [4.69, 9.17) is 28.6 Å². The molecule has 1 aliphatic heterocycles. The highest BCUT2D eigenvalue weighted by atomic mass is 35.5. The van der Waals surface area contributed by atoms with E-state index in [1.165, 1.54) is 7.11 Å². The molecule has 1 heterocycles. The number of hydrogen-bond donors (Lipinski definition) is 3. The Hall–Kier alpha value is -1.99. The lowest BCUT2D eigenvalue weighted by atomic mass is 9.94. The van der Waals surface area contributed by atoms with Crippen LogP contribution in [0.4, 0.5) is 0 Å². The Bertz CT molecular complexity index is 732. The van der Waals surface area contributed by atoms with Crippen LogP contribution >= 0.6 is 23.8 Å². The van der Waals surface area contributed by atoms with Crippen LogP contribution in [0.3, 0.4) is 0 Å². The highest BCUT2D eigenvalue weighted by Crippen LogP contribution is 2.39. The molecular formula is C17H22ClN3O3S. The Labute approximate surface area is 157 Å². The number of nitrogens with one attached hydrogen (secondary N) is 2. The van der Waals surface area contributed by atoms with Crippen LogP contribution in [0.1, 0.15) is 32.4 Å². The van der Waals surface area contributed by atoms with Crippen LogP contribution in [0.2, 0.25) is 5.02 Å². The summed E-state index contributed by atoms with van der Waals surface area (Å²) in [4.78, 5) is 14.7. The molecule has 0 fully saturated rings. The number of benzene rings is 1. The maximum atomic E-state index is 13.0. The molecule has 0 aliphatic carbocycles. The van der Waals surface area contributed by atoms with Crippen LogP contribution in [0.5, 0.6) is 11.5 Å². The zero-order valence-corrected chi connectivity index (χ0v) is 16.2. The number of halogens is 1. The Morgan fingerprint density at radius 3 is 2.60 bits per heavy atom. The molecule has 0 unspecified atom stereocenters. The molecule has 0 bridgehead atoms. The van der Waals surface area contributed by atoms with Crippen molar-refractivity contribution in [2.24, 2.45) is 0 Å². The largest absolute Gasteiger partial charge is 0.503 e. The number of phenols is 1. The zero-order chi connectivity index (χ0) is 18.7. The molecule has 0 radical (unpaired) electrons. The quantitative estimate of drug-likeness (QED) is 0.679. The monoisotopic (exact) mass is 383 g/mol. The second kappa shape index (κ2) is 7.93. The van der Waals surface area contributed by atoms with Crippen molar-refractivity contribution < 1.29 is 14.6 Å². The standard InChI is InChI=1S/C17H22ClN3O3S/c1-5-21(6-2)16(23)13-9(3)19-17(25)20-14(13)10-7-11(18)15(22)12(8-10)24-4/h7-8,14,22H,5-6H2,1-4H3,(H2,19,20,25)/t14-/m1/s1. The van der Waals surface area contributed by atoms with Crippen LogP contribution in [-0.2, 0) is 4.79 Å². The molecule has 8 heteroatoms. The second-order valence-electron chi connectivity index (χ2n) is 5.60. The molecule has 0 saturated carbocycles. The number of allylic oxidation sites excluding steroid dienone is 1. The van der Waals surface area contributed by atoms with E-state index in [0.29, 0.717) is 35.0 Å². The molecule has 2 rings (SSSR count). The van der Waals surface area contributed by atoms with Crippen LogP contribution in [0, 0.1) is 0 Å². The third-order valence-corrected chi connectivity index (χ3v) is 4.66. The first-order valence-electron chi connectivity index (χ1n) is 7.97. The third-order valence-electron chi connectivity index (χ3n) is 4.15. The van der Waals surface area contributed by atoms with E-state index in [9.17, 15) is 9.90 Å². The van der Waals surface area contributed by atoms with Crippen LogP contribution in [0.15, 0.2) is 23.4 Å². The van der Waals surface area contributed by atoms with Crippen molar-refractivity contribution in [1.82, 2.24) is 15.5 Å². The second-order valence-corrected chi connectivity index (χ2v) is 6.42. The van der Waals surface area contributed by atoms with E-state index in [1.807, 2.05) is 20.8 Å². The van der Waals surface area contributed by atoms with Gasteiger partial charge in [-0.1, -0.05) is 11.6 Å². The average molecular weight is 384 g/mol. The predicted octanol–water partition coefficient (Wildman–Crippen LogP) is 2.72. The lowest BCUT2D eigenvalue weighted by Gasteiger charge is -2.33. The lowest BCUT2D eigenvalue weighted by Crippen LogP contribution is -2.47. The molecule has 0 saturated heterocycles. The number of methoxy groups -OCH3 is 1. The van der Waals surface area contributed by atoms with Crippen molar-refractivity contribution in [1.29, 1.82) is 0 Å². The fraction of sp³-hybridized carbons (Fsp3) is 0.412. The third kappa shape index (κ3) is 3.82. The van der Waals surface area contributed by atoms with Crippen molar-refractivity contribution in [3.05, 3.63) is 34.0 Å².